The maximum Gasteiger partial charge on any atom is 0.133 e. The van der Waals surface area contributed by atoms with Crippen molar-refractivity contribution in [2.45, 2.75) is 32.6 Å². The summed E-state index contributed by atoms with van der Waals surface area (Å²) in [6, 6.07) is 7.20. The molecule has 1 aromatic heterocycles. The molecule has 0 saturated heterocycles. The van der Waals surface area contributed by atoms with E-state index in [4.69, 9.17) is 11.6 Å². The summed E-state index contributed by atoms with van der Waals surface area (Å²) in [6.07, 6.45) is 2.69. The van der Waals surface area contributed by atoms with Crippen LogP contribution in [0.3, 0.4) is 0 Å². The number of aromatic nitrogens is 1. The summed E-state index contributed by atoms with van der Waals surface area (Å²) in [7, 11) is 0. The zero-order valence-corrected chi connectivity index (χ0v) is 12.9. The van der Waals surface area contributed by atoms with Gasteiger partial charge in [-0.1, -0.05) is 26.8 Å². The molecule has 3 nitrogen and oxygen atoms in total. The van der Waals surface area contributed by atoms with Crippen molar-refractivity contribution in [3.8, 4) is 5.75 Å². The van der Waals surface area contributed by atoms with Gasteiger partial charge in [0, 0.05) is 18.1 Å². The van der Waals surface area contributed by atoms with E-state index in [0.29, 0.717) is 6.54 Å². The van der Waals surface area contributed by atoms with Crippen molar-refractivity contribution in [2.75, 3.05) is 11.9 Å². The summed E-state index contributed by atoms with van der Waals surface area (Å²) in [5, 5.41) is 14.9. The summed E-state index contributed by atoms with van der Waals surface area (Å²) >= 11 is 6.36. The van der Waals surface area contributed by atoms with Gasteiger partial charge in [0.1, 0.15) is 11.6 Å². The van der Waals surface area contributed by atoms with Crippen molar-refractivity contribution < 1.29 is 5.11 Å². The smallest absolute Gasteiger partial charge is 0.133 e. The monoisotopic (exact) mass is 292 g/mol. The zero-order chi connectivity index (χ0) is 14.8. The quantitative estimate of drug-likeness (QED) is 0.821. The number of hydrogen-bond donors (Lipinski definition) is 2. The average molecular weight is 293 g/mol. The predicted octanol–water partition coefficient (Wildman–Crippen LogP) is 4.40. The molecule has 0 spiro atoms. The van der Waals surface area contributed by atoms with Crippen LogP contribution in [0.5, 0.6) is 5.75 Å². The second-order valence-electron chi connectivity index (χ2n) is 6.31. The fourth-order valence-electron chi connectivity index (χ4n) is 2.24. The van der Waals surface area contributed by atoms with Gasteiger partial charge in [0.05, 0.1) is 5.38 Å². The van der Waals surface area contributed by atoms with E-state index in [0.717, 1.165) is 23.0 Å². The fourth-order valence-corrected chi connectivity index (χ4v) is 2.78. The molecule has 20 heavy (non-hydrogen) atoms. The average Bonchev–Trinajstić information content (AvgIpc) is 2.34. The van der Waals surface area contributed by atoms with E-state index in [-0.39, 0.29) is 16.5 Å². The molecule has 2 N–H and O–H groups in total. The topological polar surface area (TPSA) is 45.2 Å². The fraction of sp³-hybridized carbons (Fsp3) is 0.438. The first-order chi connectivity index (χ1) is 9.35. The third kappa shape index (κ3) is 4.01. The van der Waals surface area contributed by atoms with Crippen LogP contribution in [0.4, 0.5) is 5.82 Å². The molecule has 4 heteroatoms. The molecule has 2 rings (SSSR count). The van der Waals surface area contributed by atoms with Crippen molar-refractivity contribution in [1.29, 1.82) is 0 Å². The van der Waals surface area contributed by atoms with Crippen LogP contribution in [0, 0.1) is 5.41 Å². The maximum atomic E-state index is 9.60. The summed E-state index contributed by atoms with van der Waals surface area (Å²) < 4.78 is 0. The van der Waals surface area contributed by atoms with Crippen LogP contribution >= 0.6 is 11.6 Å². The standard InChI is InChI=1S/C16H21ClN2O/c1-16(2,3)9-12(17)10-19-15-14-8-13(20)5-4-11(14)6-7-18-15/h4-8,12,20H,9-10H2,1-3H3,(H,18,19). The molecule has 2 aromatic rings. The van der Waals surface area contributed by atoms with Crippen molar-refractivity contribution in [3.63, 3.8) is 0 Å². The van der Waals surface area contributed by atoms with Crippen molar-refractivity contribution in [3.05, 3.63) is 30.5 Å². The third-order valence-corrected chi connectivity index (χ3v) is 3.38. The Morgan fingerprint density at radius 2 is 2.05 bits per heavy atom. The Morgan fingerprint density at radius 1 is 1.30 bits per heavy atom. The van der Waals surface area contributed by atoms with E-state index in [2.05, 4.69) is 31.1 Å². The van der Waals surface area contributed by atoms with Crippen LogP contribution < -0.4 is 5.32 Å². The van der Waals surface area contributed by atoms with E-state index >= 15 is 0 Å². The molecule has 0 radical (unpaired) electrons. The summed E-state index contributed by atoms with van der Waals surface area (Å²) in [5.74, 6) is 1.00. The largest absolute Gasteiger partial charge is 0.508 e. The van der Waals surface area contributed by atoms with E-state index < -0.39 is 0 Å². The van der Waals surface area contributed by atoms with Gasteiger partial charge in [0.15, 0.2) is 0 Å². The minimum Gasteiger partial charge on any atom is -0.508 e. The Labute approximate surface area is 125 Å². The molecule has 0 bridgehead atoms. The van der Waals surface area contributed by atoms with Crippen LogP contribution in [-0.2, 0) is 0 Å². The molecule has 0 aliphatic carbocycles. The highest BCUT2D eigenvalue weighted by Crippen LogP contribution is 2.27. The molecular weight excluding hydrogens is 272 g/mol. The number of phenolic OH excluding ortho intramolecular Hbond substituents is 1. The van der Waals surface area contributed by atoms with Gasteiger partial charge in [-0.3, -0.25) is 0 Å². The molecule has 1 heterocycles. The first-order valence-corrected chi connectivity index (χ1v) is 7.24. The molecular formula is C16H21ClN2O. The predicted molar refractivity (Wildman–Crippen MR) is 85.6 cm³/mol. The highest BCUT2D eigenvalue weighted by atomic mass is 35.5. The highest BCUT2D eigenvalue weighted by Gasteiger charge is 2.17. The lowest BCUT2D eigenvalue weighted by Crippen LogP contribution is -2.21. The highest BCUT2D eigenvalue weighted by molar-refractivity contribution is 6.21. The Morgan fingerprint density at radius 3 is 2.75 bits per heavy atom. The van der Waals surface area contributed by atoms with Gasteiger partial charge in [-0.25, -0.2) is 4.98 Å². The summed E-state index contributed by atoms with van der Waals surface area (Å²) in [5.41, 5.74) is 0.207. The van der Waals surface area contributed by atoms with Crippen LogP contribution in [-0.4, -0.2) is 22.0 Å². The van der Waals surface area contributed by atoms with E-state index in [1.165, 1.54) is 0 Å². The lowest BCUT2D eigenvalue weighted by molar-refractivity contribution is 0.373. The van der Waals surface area contributed by atoms with Gasteiger partial charge in [-0.15, -0.1) is 11.6 Å². The Bertz CT molecular complexity index is 593. The molecule has 1 aromatic carbocycles. The van der Waals surface area contributed by atoms with Crippen LogP contribution in [0.15, 0.2) is 30.5 Å². The number of rotatable bonds is 4. The van der Waals surface area contributed by atoms with Crippen molar-refractivity contribution >= 4 is 28.2 Å². The van der Waals surface area contributed by atoms with Gasteiger partial charge in [0.25, 0.3) is 0 Å². The summed E-state index contributed by atoms with van der Waals surface area (Å²) in [4.78, 5) is 4.34. The molecule has 1 unspecified atom stereocenters. The normalized spacial score (nSPS) is 13.4. The number of halogens is 1. The molecule has 0 saturated carbocycles. The zero-order valence-electron chi connectivity index (χ0n) is 12.2. The number of anilines is 1. The number of pyridine rings is 1. The lowest BCUT2D eigenvalue weighted by Gasteiger charge is -2.22. The van der Waals surface area contributed by atoms with Gasteiger partial charge in [-0.2, -0.15) is 0 Å². The summed E-state index contributed by atoms with van der Waals surface area (Å²) in [6.45, 7) is 7.18. The molecule has 0 aliphatic rings. The van der Waals surface area contributed by atoms with E-state index in [1.807, 2.05) is 12.1 Å². The van der Waals surface area contributed by atoms with Crippen LogP contribution in [0.25, 0.3) is 10.8 Å². The third-order valence-electron chi connectivity index (χ3n) is 3.07. The number of hydrogen-bond acceptors (Lipinski definition) is 3. The van der Waals surface area contributed by atoms with Gasteiger partial charge < -0.3 is 10.4 Å². The Balaban J connectivity index is 2.12. The molecule has 108 valence electrons. The molecule has 0 aliphatic heterocycles. The SMILES string of the molecule is CC(C)(C)CC(Cl)CNc1nccc2ccc(O)cc12. The number of nitrogens with zero attached hydrogens (tertiary/aromatic N) is 1. The lowest BCUT2D eigenvalue weighted by atomic mass is 9.90. The number of phenols is 1. The first kappa shape index (κ1) is 14.9. The van der Waals surface area contributed by atoms with Crippen LogP contribution in [0.2, 0.25) is 0 Å². The number of nitrogens with one attached hydrogen (secondary N) is 1. The molecule has 0 fully saturated rings. The number of benzene rings is 1. The van der Waals surface area contributed by atoms with Crippen molar-refractivity contribution in [2.24, 2.45) is 5.41 Å². The molecule has 1 atom stereocenters. The van der Waals surface area contributed by atoms with E-state index in [1.54, 1.807) is 18.3 Å². The maximum absolute atomic E-state index is 9.60. The second kappa shape index (κ2) is 5.88. The van der Waals surface area contributed by atoms with Crippen molar-refractivity contribution in [1.82, 2.24) is 4.98 Å². The van der Waals surface area contributed by atoms with E-state index in [9.17, 15) is 5.11 Å². The first-order valence-electron chi connectivity index (χ1n) is 6.81. The molecule has 0 amide bonds. The van der Waals surface area contributed by atoms with Crippen LogP contribution in [0.1, 0.15) is 27.2 Å². The van der Waals surface area contributed by atoms with Gasteiger partial charge in [-0.05, 0) is 35.4 Å². The Kier molecular flexibility index (Phi) is 4.39. The minimum atomic E-state index is 0.0457. The number of aromatic hydroxyl groups is 1. The second-order valence-corrected chi connectivity index (χ2v) is 6.93. The minimum absolute atomic E-state index is 0.0457. The van der Waals surface area contributed by atoms with Gasteiger partial charge in [0.2, 0.25) is 0 Å². The number of alkyl halides is 1. The Hall–Kier alpha value is -1.48. The van der Waals surface area contributed by atoms with Gasteiger partial charge >= 0.3 is 0 Å². The number of fused-ring (bicyclic) bond motifs is 1.